The normalized spacial score (nSPS) is 12.8. The van der Waals surface area contributed by atoms with Crippen LogP contribution in [0.2, 0.25) is 5.02 Å². The minimum Gasteiger partial charge on any atom is -0.310 e. The lowest BCUT2D eigenvalue weighted by atomic mass is 10.1. The molecule has 0 heterocycles. The van der Waals surface area contributed by atoms with Crippen LogP contribution in [0.1, 0.15) is 25.3 Å². The third-order valence-corrected chi connectivity index (χ3v) is 3.39. The summed E-state index contributed by atoms with van der Waals surface area (Å²) in [4.78, 5) is 0. The Labute approximate surface area is 110 Å². The topological polar surface area (TPSA) is 12.0 Å². The first-order chi connectivity index (χ1) is 7.69. The predicted molar refractivity (Wildman–Crippen MR) is 70.7 cm³/mol. The van der Waals surface area contributed by atoms with Crippen LogP contribution < -0.4 is 5.32 Å². The minimum absolute atomic E-state index is 0.242. The molecule has 1 atom stereocenters. The van der Waals surface area contributed by atoms with Crippen molar-refractivity contribution in [2.24, 2.45) is 0 Å². The highest BCUT2D eigenvalue weighted by atomic mass is 79.9. The monoisotopic (exact) mass is 307 g/mol. The van der Waals surface area contributed by atoms with Crippen molar-refractivity contribution in [3.05, 3.63) is 34.6 Å². The number of hydrogen-bond acceptors (Lipinski definition) is 1. The Morgan fingerprint density at radius 3 is 2.81 bits per heavy atom. The van der Waals surface area contributed by atoms with Crippen LogP contribution in [0.4, 0.5) is 4.39 Å². The maximum atomic E-state index is 13.5. The van der Waals surface area contributed by atoms with E-state index in [1.807, 2.05) is 0 Å². The number of halogens is 3. The SMILES string of the molecule is CCC(CCBr)NCc1c(F)cccc1Cl. The van der Waals surface area contributed by atoms with Gasteiger partial charge in [0.25, 0.3) is 0 Å². The Morgan fingerprint density at radius 2 is 2.25 bits per heavy atom. The lowest BCUT2D eigenvalue weighted by Crippen LogP contribution is -2.28. The van der Waals surface area contributed by atoms with Crippen LogP contribution in [-0.4, -0.2) is 11.4 Å². The van der Waals surface area contributed by atoms with Crippen LogP contribution >= 0.6 is 27.5 Å². The van der Waals surface area contributed by atoms with Gasteiger partial charge in [0.1, 0.15) is 5.82 Å². The second-order valence-corrected chi connectivity index (χ2v) is 4.86. The lowest BCUT2D eigenvalue weighted by molar-refractivity contribution is 0.478. The summed E-state index contributed by atoms with van der Waals surface area (Å²) in [7, 11) is 0. The predicted octanol–water partition coefficient (Wildman–Crippen LogP) is 4.13. The molecule has 1 aromatic rings. The number of rotatable bonds is 6. The molecule has 1 unspecified atom stereocenters. The Kier molecular flexibility index (Phi) is 6.32. The van der Waals surface area contributed by atoms with Crippen molar-refractivity contribution in [1.82, 2.24) is 5.32 Å². The van der Waals surface area contributed by atoms with Gasteiger partial charge in [-0.3, -0.25) is 0 Å². The smallest absolute Gasteiger partial charge is 0.129 e. The van der Waals surface area contributed by atoms with Crippen molar-refractivity contribution in [3.8, 4) is 0 Å². The van der Waals surface area contributed by atoms with Crippen LogP contribution in [0.3, 0.4) is 0 Å². The van der Waals surface area contributed by atoms with Crippen molar-refractivity contribution in [2.45, 2.75) is 32.4 Å². The van der Waals surface area contributed by atoms with Crippen molar-refractivity contribution in [1.29, 1.82) is 0 Å². The minimum atomic E-state index is -0.242. The molecule has 16 heavy (non-hydrogen) atoms. The number of hydrogen-bond donors (Lipinski definition) is 1. The molecule has 0 saturated heterocycles. The standard InChI is InChI=1S/C12H16BrClFN/c1-2-9(6-7-13)16-8-10-11(14)4-3-5-12(10)15/h3-5,9,16H,2,6-8H2,1H3. The first-order valence-corrected chi connectivity index (χ1v) is 6.91. The van der Waals surface area contributed by atoms with Crippen LogP contribution in [0.5, 0.6) is 0 Å². The van der Waals surface area contributed by atoms with E-state index < -0.39 is 0 Å². The van der Waals surface area contributed by atoms with Gasteiger partial charge in [-0.15, -0.1) is 0 Å². The van der Waals surface area contributed by atoms with Crippen molar-refractivity contribution < 1.29 is 4.39 Å². The quantitative estimate of drug-likeness (QED) is 0.779. The van der Waals surface area contributed by atoms with E-state index >= 15 is 0 Å². The first-order valence-electron chi connectivity index (χ1n) is 5.41. The van der Waals surface area contributed by atoms with E-state index in [0.717, 1.165) is 18.2 Å². The lowest BCUT2D eigenvalue weighted by Gasteiger charge is -2.16. The molecule has 0 amide bonds. The van der Waals surface area contributed by atoms with Gasteiger partial charge < -0.3 is 5.32 Å². The van der Waals surface area contributed by atoms with E-state index in [1.165, 1.54) is 6.07 Å². The molecule has 0 radical (unpaired) electrons. The molecule has 1 N–H and O–H groups in total. The largest absolute Gasteiger partial charge is 0.310 e. The zero-order valence-corrected chi connectivity index (χ0v) is 11.6. The van der Waals surface area contributed by atoms with Gasteiger partial charge in [0.15, 0.2) is 0 Å². The molecular weight excluding hydrogens is 292 g/mol. The molecule has 0 fully saturated rings. The van der Waals surface area contributed by atoms with E-state index in [1.54, 1.807) is 12.1 Å². The molecule has 0 aliphatic heterocycles. The highest BCUT2D eigenvalue weighted by Crippen LogP contribution is 2.19. The zero-order chi connectivity index (χ0) is 12.0. The molecule has 0 aliphatic rings. The fourth-order valence-corrected chi connectivity index (χ4v) is 2.31. The fraction of sp³-hybridized carbons (Fsp3) is 0.500. The molecular formula is C12H16BrClFN. The van der Waals surface area contributed by atoms with Gasteiger partial charge in [-0.05, 0) is 25.0 Å². The van der Waals surface area contributed by atoms with E-state index in [9.17, 15) is 4.39 Å². The molecule has 1 rings (SSSR count). The molecule has 0 aromatic heterocycles. The second-order valence-electron chi connectivity index (χ2n) is 3.66. The van der Waals surface area contributed by atoms with Gasteiger partial charge in [-0.1, -0.05) is 40.5 Å². The summed E-state index contributed by atoms with van der Waals surface area (Å²) in [6.45, 7) is 2.60. The maximum absolute atomic E-state index is 13.5. The molecule has 90 valence electrons. The average Bonchev–Trinajstić information content (AvgIpc) is 2.27. The molecule has 4 heteroatoms. The van der Waals surface area contributed by atoms with Gasteiger partial charge in [-0.25, -0.2) is 4.39 Å². The van der Waals surface area contributed by atoms with E-state index in [2.05, 4.69) is 28.2 Å². The molecule has 0 spiro atoms. The van der Waals surface area contributed by atoms with Gasteiger partial charge in [-0.2, -0.15) is 0 Å². The van der Waals surface area contributed by atoms with Crippen molar-refractivity contribution in [2.75, 3.05) is 5.33 Å². The number of benzene rings is 1. The summed E-state index contributed by atoms with van der Waals surface area (Å²) in [5.74, 6) is -0.242. The van der Waals surface area contributed by atoms with Gasteiger partial charge in [0, 0.05) is 28.5 Å². The maximum Gasteiger partial charge on any atom is 0.129 e. The summed E-state index contributed by atoms with van der Waals surface area (Å²) in [6, 6.07) is 5.17. The van der Waals surface area contributed by atoms with Gasteiger partial charge >= 0.3 is 0 Å². The average molecular weight is 309 g/mol. The number of nitrogens with one attached hydrogen (secondary N) is 1. The zero-order valence-electron chi connectivity index (χ0n) is 9.27. The van der Waals surface area contributed by atoms with E-state index in [0.29, 0.717) is 23.2 Å². The third-order valence-electron chi connectivity index (χ3n) is 2.58. The van der Waals surface area contributed by atoms with Crippen LogP contribution in [-0.2, 0) is 6.54 Å². The van der Waals surface area contributed by atoms with Crippen LogP contribution in [0, 0.1) is 5.82 Å². The summed E-state index contributed by atoms with van der Waals surface area (Å²) < 4.78 is 13.5. The number of alkyl halides is 1. The van der Waals surface area contributed by atoms with Crippen LogP contribution in [0.15, 0.2) is 18.2 Å². The molecule has 1 aromatic carbocycles. The van der Waals surface area contributed by atoms with E-state index in [-0.39, 0.29) is 5.82 Å². The Bertz CT molecular complexity index is 313. The fourth-order valence-electron chi connectivity index (χ4n) is 1.53. The summed E-state index contributed by atoms with van der Waals surface area (Å²) >= 11 is 9.35. The Morgan fingerprint density at radius 1 is 1.50 bits per heavy atom. The van der Waals surface area contributed by atoms with Gasteiger partial charge in [0.2, 0.25) is 0 Å². The first kappa shape index (κ1) is 13.9. The second kappa shape index (κ2) is 7.25. The highest BCUT2D eigenvalue weighted by Gasteiger charge is 2.09. The van der Waals surface area contributed by atoms with Crippen molar-refractivity contribution in [3.63, 3.8) is 0 Å². The van der Waals surface area contributed by atoms with Crippen LogP contribution in [0.25, 0.3) is 0 Å². The molecule has 1 nitrogen and oxygen atoms in total. The third kappa shape index (κ3) is 4.04. The molecule has 0 saturated carbocycles. The highest BCUT2D eigenvalue weighted by molar-refractivity contribution is 9.09. The van der Waals surface area contributed by atoms with Gasteiger partial charge in [0.05, 0.1) is 0 Å². The molecule has 0 bridgehead atoms. The molecule has 0 aliphatic carbocycles. The van der Waals surface area contributed by atoms with E-state index in [4.69, 9.17) is 11.6 Å². The summed E-state index contributed by atoms with van der Waals surface area (Å²) in [6.07, 6.45) is 2.06. The summed E-state index contributed by atoms with van der Waals surface area (Å²) in [5, 5.41) is 4.75. The Balaban J connectivity index is 2.59. The Hall–Kier alpha value is -0.120. The summed E-state index contributed by atoms with van der Waals surface area (Å²) in [5.41, 5.74) is 0.553. The van der Waals surface area contributed by atoms with Crippen molar-refractivity contribution >= 4 is 27.5 Å².